The molecule has 1 rings (SSSR count). The Hall–Kier alpha value is -2.01. The Morgan fingerprint density at radius 2 is 2.00 bits per heavy atom. The molecule has 0 unspecified atom stereocenters. The van der Waals surface area contributed by atoms with E-state index < -0.39 is 17.3 Å². The fourth-order valence-electron chi connectivity index (χ4n) is 0.934. The fraction of sp³-hybridized carbons (Fsp3) is 0.111. The van der Waals surface area contributed by atoms with Crippen LogP contribution < -0.4 is 0 Å². The third-order valence-corrected chi connectivity index (χ3v) is 1.56. The first-order valence-corrected chi connectivity index (χ1v) is 3.48. The lowest BCUT2D eigenvalue weighted by atomic mass is 10.1. The van der Waals surface area contributed by atoms with Crippen LogP contribution in [0.25, 0.3) is 4.85 Å². The molecule has 0 aliphatic carbocycles. The highest BCUT2D eigenvalue weighted by Gasteiger charge is 2.33. The number of halogens is 3. The molecule has 14 heavy (non-hydrogen) atoms. The molecule has 0 spiro atoms. The minimum Gasteiger partial charge on any atom is -0.238 e. The molecule has 70 valence electrons. The second-order valence-electron chi connectivity index (χ2n) is 2.45. The van der Waals surface area contributed by atoms with Crippen molar-refractivity contribution in [3.8, 4) is 6.07 Å². The smallest absolute Gasteiger partial charge is 0.238 e. The molecule has 0 aliphatic rings. The van der Waals surface area contributed by atoms with Crippen LogP contribution in [0.1, 0.15) is 11.1 Å². The van der Waals surface area contributed by atoms with Gasteiger partial charge in [0.2, 0.25) is 0 Å². The molecule has 0 atom stereocenters. The summed E-state index contributed by atoms with van der Waals surface area (Å²) < 4.78 is 36.9. The van der Waals surface area contributed by atoms with Gasteiger partial charge in [0.25, 0.3) is 0 Å². The highest BCUT2D eigenvalue weighted by atomic mass is 19.4. The lowest BCUT2D eigenvalue weighted by molar-refractivity contribution is -0.137. The third kappa shape index (κ3) is 1.83. The van der Waals surface area contributed by atoms with Crippen LogP contribution in [-0.2, 0) is 6.18 Å². The molecule has 0 saturated heterocycles. The van der Waals surface area contributed by atoms with Gasteiger partial charge in [-0.3, -0.25) is 0 Å². The van der Waals surface area contributed by atoms with E-state index in [1.807, 2.05) is 0 Å². The van der Waals surface area contributed by atoms with Crippen molar-refractivity contribution < 1.29 is 13.2 Å². The average Bonchev–Trinajstić information content (AvgIpc) is 2.15. The number of hydrogen-bond acceptors (Lipinski definition) is 1. The van der Waals surface area contributed by atoms with Crippen LogP contribution in [0.15, 0.2) is 18.2 Å². The van der Waals surface area contributed by atoms with Crippen LogP contribution >= 0.6 is 0 Å². The Morgan fingerprint density at radius 1 is 1.36 bits per heavy atom. The standard InChI is InChI=1S/C9H3F3N2/c1-14-7-3-2-6(5-13)8(4-7)9(10,11)12/h2-4H. The number of nitrogens with zero attached hydrogens (tertiary/aromatic N) is 2. The summed E-state index contributed by atoms with van der Waals surface area (Å²) >= 11 is 0. The Morgan fingerprint density at radius 3 is 2.43 bits per heavy atom. The van der Waals surface area contributed by atoms with E-state index in [1.54, 1.807) is 0 Å². The van der Waals surface area contributed by atoms with Crippen molar-refractivity contribution in [2.24, 2.45) is 0 Å². The highest BCUT2D eigenvalue weighted by molar-refractivity contribution is 5.53. The maximum Gasteiger partial charge on any atom is 0.416 e. The van der Waals surface area contributed by atoms with E-state index in [0.717, 1.165) is 6.07 Å². The van der Waals surface area contributed by atoms with Crippen molar-refractivity contribution in [1.29, 1.82) is 5.26 Å². The van der Waals surface area contributed by atoms with E-state index in [-0.39, 0.29) is 5.69 Å². The zero-order chi connectivity index (χ0) is 10.8. The molecule has 0 aliphatic heterocycles. The SMILES string of the molecule is [C-]#[N+]c1ccc(C#N)c(C(F)(F)F)c1. The lowest BCUT2D eigenvalue weighted by Crippen LogP contribution is -2.07. The van der Waals surface area contributed by atoms with Gasteiger partial charge in [-0.2, -0.15) is 18.4 Å². The first-order chi connectivity index (χ1) is 6.49. The van der Waals surface area contributed by atoms with Crippen LogP contribution in [-0.4, -0.2) is 0 Å². The Bertz CT molecular complexity index is 435. The third-order valence-electron chi connectivity index (χ3n) is 1.56. The van der Waals surface area contributed by atoms with Crippen LogP contribution in [0.4, 0.5) is 18.9 Å². The molecular weight excluding hydrogens is 193 g/mol. The number of benzene rings is 1. The quantitative estimate of drug-likeness (QED) is 0.586. The van der Waals surface area contributed by atoms with Crippen molar-refractivity contribution in [3.63, 3.8) is 0 Å². The first kappa shape index (κ1) is 10.1. The number of rotatable bonds is 0. The van der Waals surface area contributed by atoms with Crippen LogP contribution in [0, 0.1) is 17.9 Å². The topological polar surface area (TPSA) is 28.1 Å². The molecule has 5 heteroatoms. The van der Waals surface area contributed by atoms with Crippen LogP contribution in [0.5, 0.6) is 0 Å². The van der Waals surface area contributed by atoms with Crippen molar-refractivity contribution in [2.75, 3.05) is 0 Å². The Balaban J connectivity index is 3.41. The molecule has 0 saturated carbocycles. The minimum absolute atomic E-state index is 0.128. The summed E-state index contributed by atoms with van der Waals surface area (Å²) in [7, 11) is 0. The van der Waals surface area contributed by atoms with E-state index in [1.165, 1.54) is 12.1 Å². The van der Waals surface area contributed by atoms with Gasteiger partial charge in [0.1, 0.15) is 0 Å². The number of alkyl halides is 3. The lowest BCUT2D eigenvalue weighted by Gasteiger charge is -2.08. The predicted octanol–water partition coefficient (Wildman–Crippen LogP) is 3.13. The molecule has 0 N–H and O–H groups in total. The van der Waals surface area contributed by atoms with Crippen LogP contribution in [0.2, 0.25) is 0 Å². The summed E-state index contributed by atoms with van der Waals surface area (Å²) in [5.41, 5.74) is -1.66. The van der Waals surface area contributed by atoms with Gasteiger partial charge in [-0.15, -0.1) is 0 Å². The molecular formula is C9H3F3N2. The molecule has 0 heterocycles. The van der Waals surface area contributed by atoms with Crippen molar-refractivity contribution >= 4 is 5.69 Å². The fourth-order valence-corrected chi connectivity index (χ4v) is 0.934. The molecule has 0 bridgehead atoms. The maximum absolute atomic E-state index is 12.3. The van der Waals surface area contributed by atoms with E-state index in [9.17, 15) is 13.2 Å². The molecule has 1 aromatic rings. The van der Waals surface area contributed by atoms with Crippen LogP contribution in [0.3, 0.4) is 0 Å². The second-order valence-corrected chi connectivity index (χ2v) is 2.45. The zero-order valence-corrected chi connectivity index (χ0v) is 6.76. The maximum atomic E-state index is 12.3. The van der Waals surface area contributed by atoms with Gasteiger partial charge in [0.15, 0.2) is 5.69 Å². The Labute approximate surface area is 78.0 Å². The summed E-state index contributed by atoms with van der Waals surface area (Å²) in [6.07, 6.45) is -4.59. The second kappa shape index (κ2) is 3.39. The van der Waals surface area contributed by atoms with E-state index in [2.05, 4.69) is 4.85 Å². The molecule has 0 amide bonds. The van der Waals surface area contributed by atoms with E-state index in [4.69, 9.17) is 11.8 Å². The van der Waals surface area contributed by atoms with E-state index in [0.29, 0.717) is 6.07 Å². The summed E-state index contributed by atoms with van der Waals surface area (Å²) in [5.74, 6) is 0. The summed E-state index contributed by atoms with van der Waals surface area (Å²) in [6, 6.07) is 4.28. The summed E-state index contributed by atoms with van der Waals surface area (Å²) in [6.45, 7) is 6.55. The van der Waals surface area contributed by atoms with Gasteiger partial charge < -0.3 is 0 Å². The van der Waals surface area contributed by atoms with Gasteiger partial charge >= 0.3 is 6.18 Å². The zero-order valence-electron chi connectivity index (χ0n) is 6.76. The molecule has 1 aromatic carbocycles. The van der Waals surface area contributed by atoms with Gasteiger partial charge in [0.05, 0.1) is 23.8 Å². The van der Waals surface area contributed by atoms with Crippen molar-refractivity contribution in [1.82, 2.24) is 0 Å². The number of hydrogen-bond donors (Lipinski definition) is 0. The van der Waals surface area contributed by atoms with Gasteiger partial charge in [-0.1, -0.05) is 12.1 Å². The molecule has 0 fully saturated rings. The normalized spacial score (nSPS) is 10.4. The van der Waals surface area contributed by atoms with Gasteiger partial charge in [-0.25, -0.2) is 4.85 Å². The van der Waals surface area contributed by atoms with Gasteiger partial charge in [-0.05, 0) is 6.07 Å². The summed E-state index contributed by atoms with van der Waals surface area (Å²) in [4.78, 5) is 2.86. The molecule has 0 radical (unpaired) electrons. The van der Waals surface area contributed by atoms with Crippen molar-refractivity contribution in [3.05, 3.63) is 40.7 Å². The molecule has 2 nitrogen and oxygen atoms in total. The van der Waals surface area contributed by atoms with Gasteiger partial charge in [0, 0.05) is 0 Å². The number of nitriles is 1. The average molecular weight is 196 g/mol. The minimum atomic E-state index is -4.59. The summed E-state index contributed by atoms with van der Waals surface area (Å²) in [5, 5.41) is 8.42. The highest BCUT2D eigenvalue weighted by Crippen LogP contribution is 2.34. The predicted molar refractivity (Wildman–Crippen MR) is 42.4 cm³/mol. The monoisotopic (exact) mass is 196 g/mol. The molecule has 0 aromatic heterocycles. The largest absolute Gasteiger partial charge is 0.416 e. The Kier molecular flexibility index (Phi) is 2.44. The van der Waals surface area contributed by atoms with Crippen molar-refractivity contribution in [2.45, 2.75) is 6.18 Å². The van der Waals surface area contributed by atoms with E-state index >= 15 is 0 Å². The first-order valence-electron chi connectivity index (χ1n) is 3.48.